The van der Waals surface area contributed by atoms with E-state index in [9.17, 15) is 0 Å². The van der Waals surface area contributed by atoms with Gasteiger partial charge in [0.2, 0.25) is 0 Å². The molecule has 0 amide bonds. The van der Waals surface area contributed by atoms with Crippen LogP contribution in [0.15, 0.2) is 11.6 Å². The number of hydrogen-bond donors (Lipinski definition) is 1. The fourth-order valence-electron chi connectivity index (χ4n) is 4.38. The zero-order valence-corrected chi connectivity index (χ0v) is 16.7. The van der Waals surface area contributed by atoms with Crippen molar-refractivity contribution in [3.05, 3.63) is 33.5 Å². The van der Waals surface area contributed by atoms with E-state index in [-0.39, 0.29) is 0 Å². The van der Waals surface area contributed by atoms with Crippen molar-refractivity contribution in [1.82, 2.24) is 25.0 Å². The summed E-state index contributed by atoms with van der Waals surface area (Å²) in [6, 6.07) is 0. The number of nitrogens with one attached hydrogen (secondary N) is 1. The van der Waals surface area contributed by atoms with Gasteiger partial charge in [0.05, 0.1) is 30.1 Å². The number of ether oxygens (including phenoxy) is 1. The van der Waals surface area contributed by atoms with Crippen LogP contribution in [0, 0.1) is 0 Å². The van der Waals surface area contributed by atoms with Gasteiger partial charge >= 0.3 is 0 Å². The van der Waals surface area contributed by atoms with Gasteiger partial charge < -0.3 is 4.74 Å². The molecule has 7 heteroatoms. The van der Waals surface area contributed by atoms with Crippen LogP contribution in [-0.2, 0) is 17.8 Å². The maximum atomic E-state index is 5.48. The zero-order valence-electron chi connectivity index (χ0n) is 15.9. The minimum absolute atomic E-state index is 0.554. The first-order valence-electron chi connectivity index (χ1n) is 10.3. The van der Waals surface area contributed by atoms with Crippen molar-refractivity contribution < 1.29 is 4.74 Å². The highest BCUT2D eigenvalue weighted by molar-refractivity contribution is 7.09. The Morgan fingerprint density at radius 3 is 2.81 bits per heavy atom. The standard InChI is InChI=1S/C20H29N5OS/c1-2-16(19-17(10-21-23-19)12-24-6-8-26-9-7-24)11-25(5-1)13-18-14-27-20(22-18)15-3-4-15/h10,14-16H,1-9,11-13H2,(H,21,23). The van der Waals surface area contributed by atoms with Gasteiger partial charge in [-0.3, -0.25) is 14.9 Å². The number of rotatable bonds is 6. The predicted octanol–water partition coefficient (Wildman–Crippen LogP) is 2.96. The minimum Gasteiger partial charge on any atom is -0.379 e. The predicted molar refractivity (Wildman–Crippen MR) is 106 cm³/mol. The molecule has 2 aliphatic heterocycles. The molecule has 3 fully saturated rings. The van der Waals surface area contributed by atoms with Crippen molar-refractivity contribution in [2.45, 2.75) is 50.6 Å². The number of H-pyrrole nitrogens is 1. The fraction of sp³-hybridized carbons (Fsp3) is 0.700. The largest absolute Gasteiger partial charge is 0.379 e. The number of aromatic amines is 1. The van der Waals surface area contributed by atoms with E-state index in [1.807, 2.05) is 17.5 Å². The van der Waals surface area contributed by atoms with Crippen molar-refractivity contribution in [3.63, 3.8) is 0 Å². The van der Waals surface area contributed by atoms with Gasteiger partial charge in [-0.05, 0) is 32.2 Å². The zero-order chi connectivity index (χ0) is 18.1. The van der Waals surface area contributed by atoms with Crippen molar-refractivity contribution in [1.29, 1.82) is 0 Å². The summed E-state index contributed by atoms with van der Waals surface area (Å²) < 4.78 is 5.48. The minimum atomic E-state index is 0.554. The molecule has 0 radical (unpaired) electrons. The smallest absolute Gasteiger partial charge is 0.0959 e. The number of aromatic nitrogens is 3. The molecule has 0 spiro atoms. The third-order valence-corrected chi connectivity index (χ3v) is 7.10. The molecule has 6 nitrogen and oxygen atoms in total. The molecule has 4 heterocycles. The van der Waals surface area contributed by atoms with Crippen molar-refractivity contribution in [2.75, 3.05) is 39.4 Å². The van der Waals surface area contributed by atoms with E-state index in [0.717, 1.165) is 51.9 Å². The lowest BCUT2D eigenvalue weighted by molar-refractivity contribution is 0.0339. The van der Waals surface area contributed by atoms with Gasteiger partial charge in [0, 0.05) is 61.2 Å². The molecule has 1 saturated carbocycles. The van der Waals surface area contributed by atoms with Crippen LogP contribution < -0.4 is 0 Å². The Bertz CT molecular complexity index is 749. The first-order chi connectivity index (χ1) is 13.3. The molecule has 1 aliphatic carbocycles. The lowest BCUT2D eigenvalue weighted by Crippen LogP contribution is -2.37. The Kier molecular flexibility index (Phi) is 5.27. The third kappa shape index (κ3) is 4.26. The Labute approximate surface area is 164 Å². The molecular formula is C20H29N5OS. The number of piperidine rings is 1. The first-order valence-corrected chi connectivity index (χ1v) is 11.2. The topological polar surface area (TPSA) is 57.3 Å². The van der Waals surface area contributed by atoms with Crippen LogP contribution >= 0.6 is 11.3 Å². The number of morpholine rings is 1. The van der Waals surface area contributed by atoms with Crippen molar-refractivity contribution >= 4 is 11.3 Å². The summed E-state index contributed by atoms with van der Waals surface area (Å²) in [6.07, 6.45) is 7.21. The highest BCUT2D eigenvalue weighted by Crippen LogP contribution is 2.41. The summed E-state index contributed by atoms with van der Waals surface area (Å²) in [5.74, 6) is 1.32. The van der Waals surface area contributed by atoms with Gasteiger partial charge in [-0.2, -0.15) is 5.10 Å². The molecule has 0 bridgehead atoms. The van der Waals surface area contributed by atoms with Crippen LogP contribution in [-0.4, -0.2) is 64.4 Å². The average Bonchev–Trinajstić information content (AvgIpc) is 3.27. The summed E-state index contributed by atoms with van der Waals surface area (Å²) in [7, 11) is 0. The van der Waals surface area contributed by atoms with Crippen LogP contribution in [0.3, 0.4) is 0 Å². The Balaban J connectivity index is 1.22. The summed E-state index contributed by atoms with van der Waals surface area (Å²) in [5, 5.41) is 11.4. The normalized spacial score (nSPS) is 25.1. The monoisotopic (exact) mass is 387 g/mol. The molecular weight excluding hydrogens is 358 g/mol. The number of likely N-dealkylation sites (tertiary alicyclic amines) is 1. The van der Waals surface area contributed by atoms with Gasteiger partial charge in [-0.1, -0.05) is 0 Å². The molecule has 2 aromatic rings. The SMILES string of the molecule is c1sc(C2CC2)nc1CN1CCCC(c2[nH]ncc2CN2CCOCC2)C1. The van der Waals surface area contributed by atoms with E-state index in [0.29, 0.717) is 5.92 Å². The molecule has 2 aromatic heterocycles. The highest BCUT2D eigenvalue weighted by Gasteiger charge is 2.28. The number of nitrogens with zero attached hydrogens (tertiary/aromatic N) is 4. The second kappa shape index (κ2) is 7.99. The van der Waals surface area contributed by atoms with Crippen LogP contribution in [0.5, 0.6) is 0 Å². The number of hydrogen-bond acceptors (Lipinski definition) is 6. The molecule has 5 rings (SSSR count). The third-order valence-electron chi connectivity index (χ3n) is 6.04. The molecule has 146 valence electrons. The molecule has 3 aliphatic rings. The van der Waals surface area contributed by atoms with Crippen LogP contribution in [0.25, 0.3) is 0 Å². The van der Waals surface area contributed by atoms with E-state index in [4.69, 9.17) is 9.72 Å². The van der Waals surface area contributed by atoms with E-state index in [1.165, 1.54) is 54.2 Å². The van der Waals surface area contributed by atoms with Gasteiger partial charge in [0.1, 0.15) is 0 Å². The summed E-state index contributed by atoms with van der Waals surface area (Å²) in [4.78, 5) is 9.95. The summed E-state index contributed by atoms with van der Waals surface area (Å²) >= 11 is 1.86. The second-order valence-corrected chi connectivity index (χ2v) is 9.11. The van der Waals surface area contributed by atoms with Gasteiger partial charge in [-0.25, -0.2) is 4.98 Å². The quantitative estimate of drug-likeness (QED) is 0.826. The second-order valence-electron chi connectivity index (χ2n) is 8.22. The maximum absolute atomic E-state index is 5.48. The Hall–Kier alpha value is -1.28. The molecule has 27 heavy (non-hydrogen) atoms. The van der Waals surface area contributed by atoms with E-state index >= 15 is 0 Å². The lowest BCUT2D eigenvalue weighted by Gasteiger charge is -2.33. The molecule has 1 unspecified atom stereocenters. The highest BCUT2D eigenvalue weighted by atomic mass is 32.1. The van der Waals surface area contributed by atoms with Gasteiger partial charge in [0.25, 0.3) is 0 Å². The molecule has 1 N–H and O–H groups in total. The molecule has 0 aromatic carbocycles. The van der Waals surface area contributed by atoms with Crippen LogP contribution in [0.1, 0.15) is 59.5 Å². The van der Waals surface area contributed by atoms with E-state index in [2.05, 4.69) is 25.4 Å². The summed E-state index contributed by atoms with van der Waals surface area (Å²) in [6.45, 7) is 8.01. The van der Waals surface area contributed by atoms with E-state index in [1.54, 1.807) is 0 Å². The first kappa shape index (κ1) is 17.8. The Morgan fingerprint density at radius 1 is 1.07 bits per heavy atom. The summed E-state index contributed by atoms with van der Waals surface area (Å²) in [5.41, 5.74) is 3.98. The fourth-order valence-corrected chi connectivity index (χ4v) is 5.36. The van der Waals surface area contributed by atoms with E-state index < -0.39 is 0 Å². The molecule has 2 saturated heterocycles. The van der Waals surface area contributed by atoms with Gasteiger partial charge in [-0.15, -0.1) is 11.3 Å². The van der Waals surface area contributed by atoms with Crippen molar-refractivity contribution in [3.8, 4) is 0 Å². The van der Waals surface area contributed by atoms with Gasteiger partial charge in [0.15, 0.2) is 0 Å². The Morgan fingerprint density at radius 2 is 1.96 bits per heavy atom. The maximum Gasteiger partial charge on any atom is 0.0959 e. The van der Waals surface area contributed by atoms with Crippen LogP contribution in [0.4, 0.5) is 0 Å². The molecule has 1 atom stereocenters. The van der Waals surface area contributed by atoms with Crippen LogP contribution in [0.2, 0.25) is 0 Å². The van der Waals surface area contributed by atoms with Crippen molar-refractivity contribution in [2.24, 2.45) is 0 Å². The number of thiazole rings is 1. The average molecular weight is 388 g/mol. The lowest BCUT2D eigenvalue weighted by atomic mass is 9.92.